The molecule has 0 unspecified atom stereocenters. The predicted octanol–water partition coefficient (Wildman–Crippen LogP) is 3.06. The van der Waals surface area contributed by atoms with Crippen molar-refractivity contribution in [3.05, 3.63) is 71.8 Å². The van der Waals surface area contributed by atoms with Crippen LogP contribution >= 0.6 is 0 Å². The summed E-state index contributed by atoms with van der Waals surface area (Å²) in [6.07, 6.45) is 0.160. The molecule has 0 spiro atoms. The van der Waals surface area contributed by atoms with E-state index in [1.807, 2.05) is 60.7 Å². The zero-order valence-corrected chi connectivity index (χ0v) is 15.1. The van der Waals surface area contributed by atoms with Gasteiger partial charge in [-0.15, -0.1) is 0 Å². The molecule has 1 fully saturated rings. The van der Waals surface area contributed by atoms with Crippen molar-refractivity contribution in [2.75, 3.05) is 26.7 Å². The van der Waals surface area contributed by atoms with E-state index in [9.17, 15) is 9.90 Å². The van der Waals surface area contributed by atoms with E-state index in [1.165, 1.54) is 0 Å². The number of aliphatic hydroxyl groups excluding tert-OH is 1. The monoisotopic (exact) mass is 354 g/mol. The number of β-amino-alcohol motifs (C(OH)–C–C–N with tert-alkyl or cyclic N) is 1. The molecule has 3 rings (SSSR count). The fourth-order valence-corrected chi connectivity index (χ4v) is 3.30. The number of likely N-dealkylation sites (N-methyl/N-ethyl adjacent to an activating group) is 1. The summed E-state index contributed by atoms with van der Waals surface area (Å²) in [5, 5.41) is 9.79. The second-order valence-corrected chi connectivity index (χ2v) is 6.78. The van der Waals surface area contributed by atoms with E-state index in [4.69, 9.17) is 4.74 Å². The molecule has 2 aromatic carbocycles. The highest BCUT2D eigenvalue weighted by molar-refractivity contribution is 5.68. The number of carbonyl (C=O) groups excluding carboxylic acids is 1. The lowest BCUT2D eigenvalue weighted by molar-refractivity contribution is 0.0817. The predicted molar refractivity (Wildman–Crippen MR) is 101 cm³/mol. The van der Waals surface area contributed by atoms with Crippen molar-refractivity contribution in [1.29, 1.82) is 0 Å². The van der Waals surface area contributed by atoms with Crippen LogP contribution in [-0.2, 0) is 11.3 Å². The average Bonchev–Trinajstić information content (AvgIpc) is 3.10. The van der Waals surface area contributed by atoms with Gasteiger partial charge in [0.1, 0.15) is 6.61 Å². The molecule has 1 amide bonds. The number of ether oxygens (including phenoxy) is 1. The maximum absolute atomic E-state index is 12.6. The molecule has 0 aliphatic carbocycles. The van der Waals surface area contributed by atoms with Gasteiger partial charge in [0.15, 0.2) is 0 Å². The van der Waals surface area contributed by atoms with Crippen molar-refractivity contribution >= 4 is 6.09 Å². The van der Waals surface area contributed by atoms with E-state index in [0.29, 0.717) is 13.1 Å². The normalized spacial score (nSPS) is 18.5. The van der Waals surface area contributed by atoms with E-state index < -0.39 is 0 Å². The number of aliphatic hydroxyl groups is 1. The summed E-state index contributed by atoms with van der Waals surface area (Å²) in [7, 11) is 1.78. The van der Waals surface area contributed by atoms with Crippen molar-refractivity contribution < 1.29 is 14.6 Å². The van der Waals surface area contributed by atoms with Crippen LogP contribution < -0.4 is 0 Å². The van der Waals surface area contributed by atoms with Crippen LogP contribution in [0.4, 0.5) is 4.79 Å². The molecule has 0 aromatic heterocycles. The number of likely N-dealkylation sites (tertiary alicyclic amines) is 1. The first-order valence-electron chi connectivity index (χ1n) is 9.02. The first-order chi connectivity index (χ1) is 12.6. The Hall–Kier alpha value is -2.37. The van der Waals surface area contributed by atoms with Gasteiger partial charge in [0.2, 0.25) is 0 Å². The summed E-state index contributed by atoms with van der Waals surface area (Å²) < 4.78 is 5.50. The van der Waals surface area contributed by atoms with Gasteiger partial charge in [-0.3, -0.25) is 4.90 Å². The number of rotatable bonds is 6. The number of nitrogens with zero attached hydrogens (tertiary/aromatic N) is 2. The largest absolute Gasteiger partial charge is 0.445 e. The van der Waals surface area contributed by atoms with Gasteiger partial charge in [-0.2, -0.15) is 0 Å². The van der Waals surface area contributed by atoms with Crippen LogP contribution in [0.1, 0.15) is 23.6 Å². The smallest absolute Gasteiger partial charge is 0.410 e. The first-order valence-corrected chi connectivity index (χ1v) is 9.02. The molecule has 2 aromatic rings. The van der Waals surface area contributed by atoms with E-state index in [0.717, 1.165) is 24.1 Å². The van der Waals surface area contributed by atoms with Crippen LogP contribution in [0.25, 0.3) is 0 Å². The summed E-state index contributed by atoms with van der Waals surface area (Å²) in [6.45, 7) is 2.43. The summed E-state index contributed by atoms with van der Waals surface area (Å²) >= 11 is 0. The summed E-state index contributed by atoms with van der Waals surface area (Å²) in [5.74, 6) is 0. The zero-order valence-electron chi connectivity index (χ0n) is 15.1. The van der Waals surface area contributed by atoms with Gasteiger partial charge in [-0.05, 0) is 17.5 Å². The second kappa shape index (κ2) is 8.83. The Morgan fingerprint density at radius 2 is 1.85 bits per heavy atom. The minimum Gasteiger partial charge on any atom is -0.445 e. The number of carbonyl (C=O) groups is 1. The Balaban J connectivity index is 1.67. The Kier molecular flexibility index (Phi) is 6.26. The van der Waals surface area contributed by atoms with Crippen molar-refractivity contribution in [2.45, 2.75) is 25.2 Å². The van der Waals surface area contributed by atoms with E-state index in [1.54, 1.807) is 11.9 Å². The molecule has 2 atom stereocenters. The van der Waals surface area contributed by atoms with E-state index in [-0.39, 0.29) is 24.8 Å². The van der Waals surface area contributed by atoms with Gasteiger partial charge >= 0.3 is 6.09 Å². The summed E-state index contributed by atoms with van der Waals surface area (Å²) in [5.41, 5.74) is 2.03. The molecule has 1 saturated heterocycles. The third-order valence-electron chi connectivity index (χ3n) is 4.82. The average molecular weight is 354 g/mol. The SMILES string of the molecule is CN(C(=O)OCc1ccccc1)[C@@H](CN1CC[C@H](O)C1)c1ccccc1. The Morgan fingerprint density at radius 3 is 2.46 bits per heavy atom. The van der Waals surface area contributed by atoms with Gasteiger partial charge in [-0.25, -0.2) is 4.79 Å². The third kappa shape index (κ3) is 4.84. The third-order valence-corrected chi connectivity index (χ3v) is 4.82. The quantitative estimate of drug-likeness (QED) is 0.866. The van der Waals surface area contributed by atoms with E-state index >= 15 is 0 Å². The molecule has 1 heterocycles. The molecule has 0 saturated carbocycles. The highest BCUT2D eigenvalue weighted by Crippen LogP contribution is 2.23. The molecule has 26 heavy (non-hydrogen) atoms. The molecule has 1 aliphatic heterocycles. The Morgan fingerprint density at radius 1 is 1.19 bits per heavy atom. The van der Waals surface area contributed by atoms with Crippen LogP contribution in [0.5, 0.6) is 0 Å². The van der Waals surface area contributed by atoms with Gasteiger partial charge in [0.25, 0.3) is 0 Å². The molecule has 138 valence electrons. The van der Waals surface area contributed by atoms with Gasteiger partial charge < -0.3 is 14.7 Å². The lowest BCUT2D eigenvalue weighted by Crippen LogP contribution is -2.39. The number of amides is 1. The first kappa shape index (κ1) is 18.4. The van der Waals surface area contributed by atoms with Gasteiger partial charge in [0.05, 0.1) is 12.1 Å². The lowest BCUT2D eigenvalue weighted by atomic mass is 10.1. The summed E-state index contributed by atoms with van der Waals surface area (Å²) in [4.78, 5) is 16.5. The molecule has 0 radical (unpaired) electrons. The lowest BCUT2D eigenvalue weighted by Gasteiger charge is -2.31. The fourth-order valence-electron chi connectivity index (χ4n) is 3.30. The minimum absolute atomic E-state index is 0.121. The topological polar surface area (TPSA) is 53.0 Å². The summed E-state index contributed by atoms with van der Waals surface area (Å²) in [6, 6.07) is 19.5. The minimum atomic E-state index is -0.345. The van der Waals surface area contributed by atoms with Crippen LogP contribution in [-0.4, -0.2) is 53.8 Å². The molecule has 1 N–H and O–H groups in total. The van der Waals surface area contributed by atoms with Crippen LogP contribution in [0.15, 0.2) is 60.7 Å². The molecular weight excluding hydrogens is 328 g/mol. The maximum Gasteiger partial charge on any atom is 0.410 e. The molecule has 1 aliphatic rings. The van der Waals surface area contributed by atoms with Crippen molar-refractivity contribution in [3.63, 3.8) is 0 Å². The number of benzene rings is 2. The van der Waals surface area contributed by atoms with Gasteiger partial charge in [0, 0.05) is 26.7 Å². The zero-order chi connectivity index (χ0) is 18.4. The molecule has 5 heteroatoms. The number of hydrogen-bond acceptors (Lipinski definition) is 4. The Labute approximate surface area is 154 Å². The fraction of sp³-hybridized carbons (Fsp3) is 0.381. The molecular formula is C21H26N2O3. The second-order valence-electron chi connectivity index (χ2n) is 6.78. The highest BCUT2D eigenvalue weighted by atomic mass is 16.6. The standard InChI is InChI=1S/C21H26N2O3/c1-22(21(25)26-16-17-8-4-2-5-9-17)20(18-10-6-3-7-11-18)15-23-13-12-19(24)14-23/h2-11,19-20,24H,12-16H2,1H3/t19-,20-/m0/s1. The van der Waals surface area contributed by atoms with Crippen molar-refractivity contribution in [3.8, 4) is 0 Å². The van der Waals surface area contributed by atoms with Crippen LogP contribution in [0, 0.1) is 0 Å². The van der Waals surface area contributed by atoms with Crippen molar-refractivity contribution in [1.82, 2.24) is 9.80 Å². The highest BCUT2D eigenvalue weighted by Gasteiger charge is 2.28. The molecule has 0 bridgehead atoms. The van der Waals surface area contributed by atoms with Crippen LogP contribution in [0.3, 0.4) is 0 Å². The van der Waals surface area contributed by atoms with Gasteiger partial charge in [-0.1, -0.05) is 60.7 Å². The van der Waals surface area contributed by atoms with E-state index in [2.05, 4.69) is 4.90 Å². The Bertz CT molecular complexity index is 693. The molecule has 5 nitrogen and oxygen atoms in total. The van der Waals surface area contributed by atoms with Crippen LogP contribution in [0.2, 0.25) is 0 Å². The maximum atomic E-state index is 12.6. The number of hydrogen-bond donors (Lipinski definition) is 1. The van der Waals surface area contributed by atoms with Crippen molar-refractivity contribution in [2.24, 2.45) is 0 Å².